The molecule has 278 valence electrons. The fourth-order valence-electron chi connectivity index (χ4n) is 6.25. The lowest BCUT2D eigenvalue weighted by atomic mass is 9.93. The van der Waals surface area contributed by atoms with Crippen molar-refractivity contribution in [3.8, 4) is 22.5 Å². The third-order valence-electron chi connectivity index (χ3n) is 8.96. The summed E-state index contributed by atoms with van der Waals surface area (Å²) in [6.07, 6.45) is 3.40. The second-order valence-corrected chi connectivity index (χ2v) is 15.3. The van der Waals surface area contributed by atoms with Crippen LogP contribution in [0.2, 0.25) is 0 Å². The highest BCUT2D eigenvalue weighted by Gasteiger charge is 2.27. The SMILES string of the molecule is CCN(CC)c1ccc2c(-c3ccc(S(=O)(=O)NCCC(=O)Nc4ccc(C=CC=O)cc4)cc3S(=O)(=O)O)c3ccc(=[N+](CC)CC)cc-3oc2c1. The Bertz CT molecular complexity index is 2430. The Morgan fingerprint density at radius 1 is 0.868 bits per heavy atom. The lowest BCUT2D eigenvalue weighted by molar-refractivity contribution is -0.116. The molecule has 0 aromatic heterocycles. The van der Waals surface area contributed by atoms with Gasteiger partial charge in [-0.25, -0.2) is 17.7 Å². The number of sulfonamides is 1. The van der Waals surface area contributed by atoms with Gasteiger partial charge in [0.05, 0.1) is 11.0 Å². The highest BCUT2D eigenvalue weighted by molar-refractivity contribution is 7.89. The number of nitrogens with one attached hydrogen (secondary N) is 2. The van der Waals surface area contributed by atoms with Gasteiger partial charge in [0.25, 0.3) is 10.1 Å². The van der Waals surface area contributed by atoms with E-state index in [0.29, 0.717) is 39.8 Å². The van der Waals surface area contributed by atoms with E-state index < -0.39 is 35.8 Å². The third-order valence-corrected chi connectivity index (χ3v) is 11.3. The second-order valence-electron chi connectivity index (χ2n) is 12.1. The molecule has 3 N–H and O–H groups in total. The molecule has 0 saturated heterocycles. The van der Waals surface area contributed by atoms with Crippen molar-refractivity contribution in [1.82, 2.24) is 9.30 Å². The predicted octanol–water partition coefficient (Wildman–Crippen LogP) is 5.63. The van der Waals surface area contributed by atoms with Crippen LogP contribution in [0.4, 0.5) is 11.4 Å². The van der Waals surface area contributed by atoms with Gasteiger partial charge in [-0.1, -0.05) is 24.3 Å². The molecule has 53 heavy (non-hydrogen) atoms. The largest absolute Gasteiger partial charge is 0.456 e. The highest BCUT2D eigenvalue weighted by Crippen LogP contribution is 2.43. The first-order valence-corrected chi connectivity index (χ1v) is 20.2. The summed E-state index contributed by atoms with van der Waals surface area (Å²) in [6, 6.07) is 21.5. The summed E-state index contributed by atoms with van der Waals surface area (Å²) in [5.41, 5.74) is 3.75. The van der Waals surface area contributed by atoms with E-state index in [2.05, 4.69) is 19.5 Å². The number of benzene rings is 4. The Morgan fingerprint density at radius 2 is 1.57 bits per heavy atom. The van der Waals surface area contributed by atoms with Crippen molar-refractivity contribution in [3.63, 3.8) is 0 Å². The number of anilines is 2. The Labute approximate surface area is 309 Å². The molecule has 0 saturated carbocycles. The minimum absolute atomic E-state index is 0.0930. The molecule has 0 unspecified atom stereocenters. The standard InChI is InChI=1S/C39H42N4O8S2/c1-5-42(6-2)29-15-18-32-35(24-29)51-36-25-30(43(7-3)8-4)16-19-33(36)39(32)34-20-17-31(26-37(34)53(48,49)50)52(46,47)40-22-21-38(45)41-28-13-11-27(12-14-28)10-9-23-44/h9-20,23-26,40H,5-8,21-22H2,1-4H3,(H-,41,44,45,48,49,50)/p+1. The van der Waals surface area contributed by atoms with Crippen LogP contribution in [0.5, 0.6) is 0 Å². The molecule has 1 aliphatic carbocycles. The normalized spacial score (nSPS) is 12.0. The Balaban J connectivity index is 1.53. The lowest BCUT2D eigenvalue weighted by Gasteiger charge is -2.22. The van der Waals surface area contributed by atoms with Crippen LogP contribution < -0.4 is 24.9 Å². The summed E-state index contributed by atoms with van der Waals surface area (Å²) in [7, 11) is -9.29. The van der Waals surface area contributed by atoms with Crippen molar-refractivity contribution in [1.29, 1.82) is 0 Å². The lowest BCUT2D eigenvalue weighted by Crippen LogP contribution is -2.29. The number of amides is 1. The van der Waals surface area contributed by atoms with Crippen LogP contribution in [0.3, 0.4) is 0 Å². The van der Waals surface area contributed by atoms with Gasteiger partial charge < -0.3 is 14.6 Å². The fourth-order valence-corrected chi connectivity index (χ4v) is 8.11. The van der Waals surface area contributed by atoms with E-state index in [-0.39, 0.29) is 18.5 Å². The van der Waals surface area contributed by atoms with Crippen molar-refractivity contribution < 1.29 is 35.4 Å². The zero-order valence-corrected chi connectivity index (χ0v) is 31.6. The minimum atomic E-state index is -4.96. The number of nitrogens with zero attached hydrogens (tertiary/aromatic N) is 2. The number of carbonyl (C=O) groups excluding carboxylic acids is 2. The number of hydrogen-bond acceptors (Lipinski definition) is 8. The summed E-state index contributed by atoms with van der Waals surface area (Å²) in [5.74, 6) is 0.0246. The summed E-state index contributed by atoms with van der Waals surface area (Å²) < 4.78 is 74.3. The molecule has 0 radical (unpaired) electrons. The second kappa shape index (κ2) is 16.7. The molecule has 0 bridgehead atoms. The van der Waals surface area contributed by atoms with E-state index in [1.54, 1.807) is 30.3 Å². The predicted molar refractivity (Wildman–Crippen MR) is 208 cm³/mol. The minimum Gasteiger partial charge on any atom is -0.456 e. The van der Waals surface area contributed by atoms with Crippen LogP contribution in [0.15, 0.2) is 99.1 Å². The van der Waals surface area contributed by atoms with Gasteiger partial charge >= 0.3 is 0 Å². The first-order chi connectivity index (χ1) is 25.3. The van der Waals surface area contributed by atoms with Crippen LogP contribution in [0.1, 0.15) is 39.7 Å². The van der Waals surface area contributed by atoms with Crippen molar-refractivity contribution in [2.24, 2.45) is 0 Å². The maximum Gasteiger partial charge on any atom is 0.295 e. The maximum absolute atomic E-state index is 13.4. The number of rotatable bonds is 15. The average Bonchev–Trinajstić information content (AvgIpc) is 3.13. The maximum atomic E-state index is 13.4. The van der Waals surface area contributed by atoms with E-state index in [9.17, 15) is 31.0 Å². The molecule has 0 fully saturated rings. The molecule has 0 spiro atoms. The van der Waals surface area contributed by atoms with E-state index in [1.807, 2.05) is 64.1 Å². The van der Waals surface area contributed by atoms with E-state index >= 15 is 0 Å². The van der Waals surface area contributed by atoms with Gasteiger partial charge in [0, 0.05) is 71.6 Å². The molecule has 2 aliphatic rings. The van der Waals surface area contributed by atoms with Crippen LogP contribution in [0.25, 0.3) is 39.5 Å². The van der Waals surface area contributed by atoms with E-state index in [1.165, 1.54) is 18.2 Å². The number of allylic oxidation sites excluding steroid dienone is 1. The zero-order chi connectivity index (χ0) is 38.3. The van der Waals surface area contributed by atoms with E-state index in [4.69, 9.17) is 4.42 Å². The Hall–Kier alpha value is -5.15. The van der Waals surface area contributed by atoms with Gasteiger partial charge in [-0.15, -0.1) is 0 Å². The van der Waals surface area contributed by atoms with Crippen molar-refractivity contribution in [3.05, 3.63) is 95.9 Å². The summed E-state index contributed by atoms with van der Waals surface area (Å²) >= 11 is 0. The van der Waals surface area contributed by atoms with Gasteiger partial charge in [0.15, 0.2) is 0 Å². The van der Waals surface area contributed by atoms with Crippen LogP contribution in [-0.2, 0) is 29.7 Å². The average molecular weight is 760 g/mol. The smallest absolute Gasteiger partial charge is 0.295 e. The van der Waals surface area contributed by atoms with Gasteiger partial charge in [-0.05, 0) is 81.8 Å². The summed E-state index contributed by atoms with van der Waals surface area (Å²) in [5, 5.41) is 4.16. The molecule has 1 heterocycles. The molecule has 0 atom stereocenters. The van der Waals surface area contributed by atoms with Gasteiger partial charge in [-0.2, -0.15) is 8.42 Å². The van der Waals surface area contributed by atoms with Gasteiger partial charge in [0.1, 0.15) is 35.6 Å². The molecule has 5 rings (SSSR count). The molecular weight excluding hydrogens is 717 g/mol. The molecule has 12 nitrogen and oxygen atoms in total. The first-order valence-electron chi connectivity index (χ1n) is 17.3. The van der Waals surface area contributed by atoms with Crippen molar-refractivity contribution in [2.45, 2.75) is 43.9 Å². The van der Waals surface area contributed by atoms with Crippen LogP contribution in [0, 0.1) is 0 Å². The van der Waals surface area contributed by atoms with Gasteiger partial charge in [-0.3, -0.25) is 14.1 Å². The number of fused-ring (bicyclic) bond motifs is 2. The topological polar surface area (TPSA) is 166 Å². The number of hydrogen-bond donors (Lipinski definition) is 3. The van der Waals surface area contributed by atoms with Gasteiger partial charge in [0.2, 0.25) is 21.3 Å². The zero-order valence-electron chi connectivity index (χ0n) is 30.0. The molecule has 1 amide bonds. The molecule has 14 heteroatoms. The van der Waals surface area contributed by atoms with Crippen LogP contribution in [-0.4, -0.2) is 66.3 Å². The van der Waals surface area contributed by atoms with E-state index in [0.717, 1.165) is 48.9 Å². The molecule has 3 aromatic rings. The number of carbonyl (C=O) groups is 2. The Morgan fingerprint density at radius 3 is 2.21 bits per heavy atom. The molecular formula is C39H43N4O8S2+. The quantitative estimate of drug-likeness (QED) is 0.0403. The van der Waals surface area contributed by atoms with Crippen LogP contribution >= 0.6 is 0 Å². The third kappa shape index (κ3) is 8.91. The fraction of sp³-hybridized carbons (Fsp3) is 0.256. The monoisotopic (exact) mass is 759 g/mol. The van der Waals surface area contributed by atoms with Crippen molar-refractivity contribution in [2.75, 3.05) is 42.9 Å². The molecule has 1 aliphatic heterocycles. The summed E-state index contributed by atoms with van der Waals surface area (Å²) in [6.45, 7) is 10.9. The first kappa shape index (κ1) is 39.1. The van der Waals surface area contributed by atoms with Crippen molar-refractivity contribution >= 4 is 60.8 Å². The molecule has 3 aromatic carbocycles. The summed E-state index contributed by atoms with van der Waals surface area (Å²) in [4.78, 5) is 24.2. The number of aldehydes is 1. The Kier molecular flexibility index (Phi) is 12.3. The highest BCUT2D eigenvalue weighted by atomic mass is 32.2.